The third kappa shape index (κ3) is 2.59. The van der Waals surface area contributed by atoms with Gasteiger partial charge in [-0.25, -0.2) is 13.4 Å². The second-order valence-corrected chi connectivity index (χ2v) is 6.85. The van der Waals surface area contributed by atoms with Gasteiger partial charge in [0.1, 0.15) is 5.82 Å². The number of aromatic nitrogens is 2. The summed E-state index contributed by atoms with van der Waals surface area (Å²) in [5.41, 5.74) is 1.72. The molecule has 0 saturated carbocycles. The second-order valence-electron chi connectivity index (χ2n) is 4.87. The van der Waals surface area contributed by atoms with Crippen molar-refractivity contribution in [1.82, 2.24) is 14.3 Å². The molecule has 2 aromatic rings. The molecular weight excluding hydrogens is 276 g/mol. The fourth-order valence-corrected chi connectivity index (χ4v) is 3.18. The van der Waals surface area contributed by atoms with Crippen LogP contribution in [0.3, 0.4) is 0 Å². The standard InChI is InChI=1S/C13H16N4O2S/c1-20(18,19)17-8-6-16(7-9-17)13-10-14-11-4-2-3-5-12(11)15-13/h2-5,10H,6-9H2,1H3. The lowest BCUT2D eigenvalue weighted by Crippen LogP contribution is -2.48. The Bertz CT molecular complexity index is 724. The number of para-hydroxylation sites is 2. The zero-order valence-electron chi connectivity index (χ0n) is 11.2. The van der Waals surface area contributed by atoms with E-state index in [9.17, 15) is 8.42 Å². The van der Waals surface area contributed by atoms with Crippen molar-refractivity contribution in [2.45, 2.75) is 0 Å². The van der Waals surface area contributed by atoms with Crippen molar-refractivity contribution in [2.75, 3.05) is 37.3 Å². The zero-order chi connectivity index (χ0) is 14.2. The number of hydrogen-bond donors (Lipinski definition) is 0. The molecule has 3 rings (SSSR count). The normalized spacial score (nSPS) is 17.6. The maximum atomic E-state index is 11.5. The molecule has 0 atom stereocenters. The molecule has 0 radical (unpaired) electrons. The van der Waals surface area contributed by atoms with Gasteiger partial charge in [0.25, 0.3) is 0 Å². The van der Waals surface area contributed by atoms with Gasteiger partial charge in [-0.1, -0.05) is 12.1 Å². The first kappa shape index (κ1) is 13.3. The molecule has 1 fully saturated rings. The van der Waals surface area contributed by atoms with E-state index >= 15 is 0 Å². The van der Waals surface area contributed by atoms with Gasteiger partial charge in [-0.3, -0.25) is 4.98 Å². The Labute approximate surface area is 118 Å². The summed E-state index contributed by atoms with van der Waals surface area (Å²) >= 11 is 0. The molecule has 6 nitrogen and oxygen atoms in total. The summed E-state index contributed by atoms with van der Waals surface area (Å²) in [5, 5.41) is 0. The number of rotatable bonds is 2. The molecule has 0 N–H and O–H groups in total. The maximum Gasteiger partial charge on any atom is 0.211 e. The molecular formula is C13H16N4O2S. The van der Waals surface area contributed by atoms with E-state index in [1.807, 2.05) is 24.3 Å². The van der Waals surface area contributed by atoms with Crippen LogP contribution in [0.25, 0.3) is 11.0 Å². The highest BCUT2D eigenvalue weighted by Gasteiger charge is 2.24. The molecule has 20 heavy (non-hydrogen) atoms. The molecule has 7 heteroatoms. The summed E-state index contributed by atoms with van der Waals surface area (Å²) in [4.78, 5) is 11.0. The number of piperazine rings is 1. The molecule has 1 aliphatic rings. The van der Waals surface area contributed by atoms with E-state index in [-0.39, 0.29) is 0 Å². The largest absolute Gasteiger partial charge is 0.353 e. The Morgan fingerprint density at radius 1 is 1.05 bits per heavy atom. The predicted octanol–water partition coefficient (Wildman–Crippen LogP) is 0.711. The highest BCUT2D eigenvalue weighted by molar-refractivity contribution is 7.88. The molecule has 2 heterocycles. The van der Waals surface area contributed by atoms with Gasteiger partial charge in [0.2, 0.25) is 10.0 Å². The average molecular weight is 292 g/mol. The number of fused-ring (bicyclic) bond motifs is 1. The van der Waals surface area contributed by atoms with Crippen LogP contribution in [0.2, 0.25) is 0 Å². The Morgan fingerprint density at radius 2 is 1.70 bits per heavy atom. The Morgan fingerprint density at radius 3 is 2.35 bits per heavy atom. The average Bonchev–Trinajstić information content (AvgIpc) is 2.46. The predicted molar refractivity (Wildman–Crippen MR) is 78.2 cm³/mol. The van der Waals surface area contributed by atoms with Crippen molar-refractivity contribution in [2.24, 2.45) is 0 Å². The van der Waals surface area contributed by atoms with Crippen LogP contribution in [0.4, 0.5) is 5.82 Å². The molecule has 0 aliphatic carbocycles. The highest BCUT2D eigenvalue weighted by Crippen LogP contribution is 2.17. The summed E-state index contributed by atoms with van der Waals surface area (Å²) in [6.45, 7) is 2.26. The van der Waals surface area contributed by atoms with Gasteiger partial charge >= 0.3 is 0 Å². The van der Waals surface area contributed by atoms with E-state index in [2.05, 4.69) is 14.9 Å². The second kappa shape index (κ2) is 4.99. The topological polar surface area (TPSA) is 66.4 Å². The first-order valence-corrected chi connectivity index (χ1v) is 8.31. The monoisotopic (exact) mass is 292 g/mol. The molecule has 106 valence electrons. The van der Waals surface area contributed by atoms with Crippen LogP contribution in [0.15, 0.2) is 30.5 Å². The fraction of sp³-hybridized carbons (Fsp3) is 0.385. The molecule has 0 unspecified atom stereocenters. The molecule has 0 spiro atoms. The summed E-state index contributed by atoms with van der Waals surface area (Å²) in [6, 6.07) is 7.72. The lowest BCUT2D eigenvalue weighted by Gasteiger charge is -2.33. The van der Waals surface area contributed by atoms with Gasteiger partial charge in [0, 0.05) is 26.2 Å². The van der Waals surface area contributed by atoms with Crippen LogP contribution in [0, 0.1) is 0 Å². The Hall–Kier alpha value is -1.73. The lowest BCUT2D eigenvalue weighted by molar-refractivity contribution is 0.387. The van der Waals surface area contributed by atoms with Crippen molar-refractivity contribution in [3.05, 3.63) is 30.5 Å². The van der Waals surface area contributed by atoms with E-state index in [0.717, 1.165) is 16.9 Å². The van der Waals surface area contributed by atoms with Crippen LogP contribution in [0.5, 0.6) is 0 Å². The molecule has 0 bridgehead atoms. The van der Waals surface area contributed by atoms with Crippen molar-refractivity contribution < 1.29 is 8.42 Å². The van der Waals surface area contributed by atoms with E-state index < -0.39 is 10.0 Å². The minimum absolute atomic E-state index is 0.493. The highest BCUT2D eigenvalue weighted by atomic mass is 32.2. The van der Waals surface area contributed by atoms with Crippen LogP contribution >= 0.6 is 0 Å². The molecule has 1 aliphatic heterocycles. The summed E-state index contributed by atoms with van der Waals surface area (Å²) in [6.07, 6.45) is 3.00. The minimum atomic E-state index is -3.10. The Kier molecular flexibility index (Phi) is 3.31. The SMILES string of the molecule is CS(=O)(=O)N1CCN(c2cnc3ccccc3n2)CC1. The van der Waals surface area contributed by atoms with Gasteiger partial charge in [-0.2, -0.15) is 4.31 Å². The third-order valence-electron chi connectivity index (χ3n) is 3.47. The van der Waals surface area contributed by atoms with Crippen molar-refractivity contribution in [3.8, 4) is 0 Å². The minimum Gasteiger partial charge on any atom is -0.353 e. The van der Waals surface area contributed by atoms with Crippen LogP contribution in [-0.4, -0.2) is 55.1 Å². The van der Waals surface area contributed by atoms with Crippen molar-refractivity contribution in [1.29, 1.82) is 0 Å². The molecule has 1 saturated heterocycles. The quantitative estimate of drug-likeness (QED) is 0.815. The van der Waals surface area contributed by atoms with Gasteiger partial charge in [0.15, 0.2) is 0 Å². The number of nitrogens with zero attached hydrogens (tertiary/aromatic N) is 4. The molecule has 1 aromatic heterocycles. The van der Waals surface area contributed by atoms with Crippen LogP contribution in [0.1, 0.15) is 0 Å². The lowest BCUT2D eigenvalue weighted by atomic mass is 10.3. The van der Waals surface area contributed by atoms with Crippen molar-refractivity contribution in [3.63, 3.8) is 0 Å². The van der Waals surface area contributed by atoms with Gasteiger partial charge in [0.05, 0.1) is 23.5 Å². The molecule has 1 aromatic carbocycles. The Balaban J connectivity index is 1.80. The number of anilines is 1. The van der Waals surface area contributed by atoms with E-state index in [1.54, 1.807) is 6.20 Å². The van der Waals surface area contributed by atoms with Crippen LogP contribution in [-0.2, 0) is 10.0 Å². The first-order chi connectivity index (χ1) is 9.54. The van der Waals surface area contributed by atoms with Gasteiger partial charge in [-0.15, -0.1) is 0 Å². The van der Waals surface area contributed by atoms with Gasteiger partial charge in [-0.05, 0) is 12.1 Å². The van der Waals surface area contributed by atoms with Gasteiger partial charge < -0.3 is 4.90 Å². The first-order valence-electron chi connectivity index (χ1n) is 6.46. The zero-order valence-corrected chi connectivity index (χ0v) is 12.0. The van der Waals surface area contributed by atoms with E-state index in [4.69, 9.17) is 0 Å². The maximum absolute atomic E-state index is 11.5. The molecule has 0 amide bonds. The number of sulfonamides is 1. The number of hydrogen-bond acceptors (Lipinski definition) is 5. The van der Waals surface area contributed by atoms with E-state index in [0.29, 0.717) is 26.2 Å². The van der Waals surface area contributed by atoms with Crippen LogP contribution < -0.4 is 4.90 Å². The van der Waals surface area contributed by atoms with E-state index in [1.165, 1.54) is 10.6 Å². The third-order valence-corrected chi connectivity index (χ3v) is 4.77. The summed E-state index contributed by atoms with van der Waals surface area (Å²) in [7, 11) is -3.10. The fourth-order valence-electron chi connectivity index (χ4n) is 2.35. The summed E-state index contributed by atoms with van der Waals surface area (Å²) < 4.78 is 24.5. The number of benzene rings is 1. The smallest absolute Gasteiger partial charge is 0.211 e. The van der Waals surface area contributed by atoms with Crippen molar-refractivity contribution >= 4 is 26.9 Å². The summed E-state index contributed by atoms with van der Waals surface area (Å²) in [5.74, 6) is 0.803.